The number of aliphatic carboxylic acids is 1. The maximum Gasteiger partial charge on any atom is 0.320 e. The van der Waals surface area contributed by atoms with Gasteiger partial charge in [0.1, 0.15) is 6.20 Å². The number of aromatic nitrogens is 2. The van der Waals surface area contributed by atoms with Gasteiger partial charge in [0, 0.05) is 32.7 Å². The van der Waals surface area contributed by atoms with Gasteiger partial charge >= 0.3 is 11.7 Å². The van der Waals surface area contributed by atoms with Gasteiger partial charge in [-0.05, 0) is 6.42 Å². The summed E-state index contributed by atoms with van der Waals surface area (Å²) >= 11 is 0. The molecule has 23 heavy (non-hydrogen) atoms. The van der Waals surface area contributed by atoms with Crippen molar-refractivity contribution in [3.63, 3.8) is 0 Å². The van der Waals surface area contributed by atoms with Crippen molar-refractivity contribution in [2.45, 2.75) is 6.42 Å². The smallest absolute Gasteiger partial charge is 0.320 e. The largest absolute Gasteiger partial charge is 0.481 e. The lowest BCUT2D eigenvalue weighted by Gasteiger charge is -2.33. The molecule has 1 N–H and O–H groups in total. The third kappa shape index (κ3) is 2.34. The summed E-state index contributed by atoms with van der Waals surface area (Å²) in [5, 5.41) is 24.5. The SMILES string of the molecule is Cn1cc([N+](=O)[O-])c(C(=O)N2C[C@H]3COCC[C@@]3(C(=O)O)C2)n1. The van der Waals surface area contributed by atoms with Crippen molar-refractivity contribution < 1.29 is 24.4 Å². The summed E-state index contributed by atoms with van der Waals surface area (Å²) in [6.07, 6.45) is 1.48. The fraction of sp³-hybridized carbons (Fsp3) is 0.615. The standard InChI is InChI=1S/C13H16N4O6/c1-15-5-9(17(21)22)10(14-15)11(18)16-4-8-6-23-3-2-13(8,7-16)12(19)20/h5,8H,2-4,6-7H2,1H3,(H,19,20)/t8-,13+/m0/s1. The Morgan fingerprint density at radius 2 is 2.30 bits per heavy atom. The Kier molecular flexibility index (Phi) is 3.55. The van der Waals surface area contributed by atoms with Crippen molar-refractivity contribution in [3.8, 4) is 0 Å². The molecule has 2 saturated heterocycles. The first-order chi connectivity index (χ1) is 10.8. The zero-order chi connectivity index (χ0) is 16.8. The van der Waals surface area contributed by atoms with Crippen LogP contribution >= 0.6 is 0 Å². The Balaban J connectivity index is 1.90. The van der Waals surface area contributed by atoms with Crippen molar-refractivity contribution >= 4 is 17.6 Å². The second kappa shape index (κ2) is 5.30. The van der Waals surface area contributed by atoms with Crippen LogP contribution in [0.5, 0.6) is 0 Å². The molecule has 0 bridgehead atoms. The van der Waals surface area contributed by atoms with Crippen LogP contribution in [0.2, 0.25) is 0 Å². The molecule has 0 aromatic carbocycles. The van der Waals surface area contributed by atoms with E-state index in [-0.39, 0.29) is 37.0 Å². The molecule has 10 nitrogen and oxygen atoms in total. The number of likely N-dealkylation sites (tertiary alicyclic amines) is 1. The quantitative estimate of drug-likeness (QED) is 0.607. The number of rotatable bonds is 3. The van der Waals surface area contributed by atoms with Crippen LogP contribution in [0, 0.1) is 21.4 Å². The maximum absolute atomic E-state index is 12.6. The van der Waals surface area contributed by atoms with E-state index in [0.717, 1.165) is 6.20 Å². The molecule has 10 heteroatoms. The molecule has 0 spiro atoms. The second-order valence-electron chi connectivity index (χ2n) is 5.96. The first-order valence-corrected chi connectivity index (χ1v) is 7.13. The minimum atomic E-state index is -1.04. The van der Waals surface area contributed by atoms with Crippen molar-refractivity contribution in [1.82, 2.24) is 14.7 Å². The average Bonchev–Trinajstić information content (AvgIpc) is 3.08. The summed E-state index contributed by atoms with van der Waals surface area (Å²) in [6, 6.07) is 0. The minimum absolute atomic E-state index is 0.0168. The van der Waals surface area contributed by atoms with Crippen LogP contribution in [0.3, 0.4) is 0 Å². The van der Waals surface area contributed by atoms with Gasteiger partial charge in [0.15, 0.2) is 0 Å². The van der Waals surface area contributed by atoms with Crippen LogP contribution < -0.4 is 0 Å². The number of ether oxygens (including phenoxy) is 1. The molecule has 2 atom stereocenters. The summed E-state index contributed by atoms with van der Waals surface area (Å²) in [5.41, 5.74) is -1.69. The topological polar surface area (TPSA) is 128 Å². The minimum Gasteiger partial charge on any atom is -0.481 e. The van der Waals surface area contributed by atoms with E-state index in [1.54, 1.807) is 0 Å². The molecule has 3 rings (SSSR count). The second-order valence-corrected chi connectivity index (χ2v) is 5.96. The molecule has 1 amide bonds. The van der Waals surface area contributed by atoms with E-state index in [9.17, 15) is 24.8 Å². The highest BCUT2D eigenvalue weighted by molar-refractivity contribution is 5.97. The Labute approximate surface area is 130 Å². The number of nitro groups is 1. The molecule has 2 fully saturated rings. The number of hydrogen-bond acceptors (Lipinski definition) is 6. The number of aryl methyl sites for hydroxylation is 1. The van der Waals surface area contributed by atoms with Gasteiger partial charge < -0.3 is 14.7 Å². The number of nitrogens with zero attached hydrogens (tertiary/aromatic N) is 4. The van der Waals surface area contributed by atoms with E-state index in [4.69, 9.17) is 4.74 Å². The number of fused-ring (bicyclic) bond motifs is 1. The Morgan fingerprint density at radius 3 is 2.91 bits per heavy atom. The van der Waals surface area contributed by atoms with E-state index in [0.29, 0.717) is 13.0 Å². The summed E-state index contributed by atoms with van der Waals surface area (Å²) in [5.74, 6) is -1.90. The van der Waals surface area contributed by atoms with E-state index in [1.807, 2.05) is 0 Å². The molecule has 0 saturated carbocycles. The van der Waals surface area contributed by atoms with Gasteiger partial charge in [0.05, 0.1) is 16.9 Å². The molecule has 0 radical (unpaired) electrons. The van der Waals surface area contributed by atoms with Crippen molar-refractivity contribution in [1.29, 1.82) is 0 Å². The van der Waals surface area contributed by atoms with Crippen LogP contribution in [0.15, 0.2) is 6.20 Å². The molecule has 3 heterocycles. The number of carboxylic acids is 1. The Morgan fingerprint density at radius 1 is 1.57 bits per heavy atom. The Bertz CT molecular complexity index is 686. The van der Waals surface area contributed by atoms with Gasteiger partial charge in [-0.25, -0.2) is 0 Å². The molecular weight excluding hydrogens is 308 g/mol. The number of hydrogen-bond donors (Lipinski definition) is 1. The molecule has 124 valence electrons. The van der Waals surface area contributed by atoms with Gasteiger partial charge in [0.2, 0.25) is 5.69 Å². The number of carboxylic acid groups (broad SMARTS) is 1. The van der Waals surface area contributed by atoms with Gasteiger partial charge in [0.25, 0.3) is 5.91 Å². The first kappa shape index (κ1) is 15.4. The predicted octanol–water partition coefficient (Wildman–Crippen LogP) is -0.108. The lowest BCUT2D eigenvalue weighted by molar-refractivity contribution is -0.385. The van der Waals surface area contributed by atoms with Crippen LogP contribution in [-0.4, -0.2) is 62.9 Å². The summed E-state index contributed by atoms with van der Waals surface area (Å²) in [4.78, 5) is 36.0. The van der Waals surface area contributed by atoms with Gasteiger partial charge in [-0.1, -0.05) is 0 Å². The fourth-order valence-corrected chi connectivity index (χ4v) is 3.37. The molecule has 0 unspecified atom stereocenters. The monoisotopic (exact) mass is 324 g/mol. The first-order valence-electron chi connectivity index (χ1n) is 7.13. The van der Waals surface area contributed by atoms with E-state index in [1.165, 1.54) is 16.6 Å². The average molecular weight is 324 g/mol. The van der Waals surface area contributed by atoms with E-state index < -0.39 is 22.2 Å². The lowest BCUT2D eigenvalue weighted by Crippen LogP contribution is -2.45. The fourth-order valence-electron chi connectivity index (χ4n) is 3.37. The van der Waals surface area contributed by atoms with E-state index in [2.05, 4.69) is 5.10 Å². The molecule has 1 aromatic heterocycles. The van der Waals surface area contributed by atoms with Gasteiger partial charge in [-0.2, -0.15) is 5.10 Å². The predicted molar refractivity (Wildman–Crippen MR) is 74.8 cm³/mol. The van der Waals surface area contributed by atoms with Crippen LogP contribution in [0.1, 0.15) is 16.9 Å². The van der Waals surface area contributed by atoms with Crippen LogP contribution in [-0.2, 0) is 16.6 Å². The maximum atomic E-state index is 12.6. The van der Waals surface area contributed by atoms with Gasteiger partial charge in [-0.15, -0.1) is 0 Å². The lowest BCUT2D eigenvalue weighted by atomic mass is 9.74. The van der Waals surface area contributed by atoms with Crippen molar-refractivity contribution in [2.75, 3.05) is 26.3 Å². The highest BCUT2D eigenvalue weighted by Gasteiger charge is 2.55. The van der Waals surface area contributed by atoms with Crippen LogP contribution in [0.25, 0.3) is 0 Å². The van der Waals surface area contributed by atoms with Crippen LogP contribution in [0.4, 0.5) is 5.69 Å². The zero-order valence-electron chi connectivity index (χ0n) is 12.5. The van der Waals surface area contributed by atoms with Crippen molar-refractivity contribution in [2.24, 2.45) is 18.4 Å². The third-order valence-electron chi connectivity index (χ3n) is 4.63. The molecule has 2 aliphatic rings. The molecular formula is C13H16N4O6. The molecule has 0 aliphatic carbocycles. The molecule has 1 aromatic rings. The van der Waals surface area contributed by atoms with Crippen molar-refractivity contribution in [3.05, 3.63) is 22.0 Å². The highest BCUT2D eigenvalue weighted by atomic mass is 16.6. The Hall–Kier alpha value is -2.49. The number of carbonyl (C=O) groups excluding carboxylic acids is 1. The summed E-state index contributed by atoms with van der Waals surface area (Å²) in [7, 11) is 1.49. The zero-order valence-corrected chi connectivity index (χ0v) is 12.5. The summed E-state index contributed by atoms with van der Waals surface area (Å²) < 4.78 is 6.53. The summed E-state index contributed by atoms with van der Waals surface area (Å²) in [6.45, 7) is 0.802. The number of amides is 1. The third-order valence-corrected chi connectivity index (χ3v) is 4.63. The van der Waals surface area contributed by atoms with E-state index >= 15 is 0 Å². The normalized spacial score (nSPS) is 26.8. The molecule has 2 aliphatic heterocycles. The van der Waals surface area contributed by atoms with Gasteiger partial charge in [-0.3, -0.25) is 24.4 Å². The number of carbonyl (C=O) groups is 2. The highest BCUT2D eigenvalue weighted by Crippen LogP contribution is 2.43.